The number of aromatic amines is 1. The van der Waals surface area contributed by atoms with Crippen molar-refractivity contribution in [2.45, 2.75) is 38.2 Å². The molecule has 0 aliphatic carbocycles. The first-order chi connectivity index (χ1) is 8.02. The number of ether oxygens (including phenoxy) is 1. The Morgan fingerprint density at radius 2 is 2.35 bits per heavy atom. The van der Waals surface area contributed by atoms with E-state index in [1.165, 1.54) is 10.8 Å². The first-order valence-corrected chi connectivity index (χ1v) is 6.16. The zero-order valence-electron chi connectivity index (χ0n) is 9.22. The Hall–Kier alpha value is -0.920. The summed E-state index contributed by atoms with van der Waals surface area (Å²) in [5.41, 5.74) is -1.01. The lowest BCUT2D eigenvalue weighted by atomic mass is 10.1. The van der Waals surface area contributed by atoms with Crippen LogP contribution in [0.4, 0.5) is 0 Å². The number of nitrogens with zero attached hydrogens (tertiary/aromatic N) is 1. The van der Waals surface area contributed by atoms with E-state index in [2.05, 4.69) is 20.9 Å². The van der Waals surface area contributed by atoms with Crippen LogP contribution in [0.3, 0.4) is 0 Å². The number of hydrogen-bond acceptors (Lipinski definition) is 4. The zero-order chi connectivity index (χ0) is 12.6. The molecule has 1 aliphatic heterocycles. The number of nitrogens with one attached hydrogen (secondary N) is 1. The molecule has 1 aromatic rings. The molecule has 0 spiro atoms. The van der Waals surface area contributed by atoms with Crippen LogP contribution in [-0.2, 0) is 4.74 Å². The normalized spacial score (nSPS) is 28.5. The van der Waals surface area contributed by atoms with E-state index in [1.807, 2.05) is 6.92 Å². The highest BCUT2D eigenvalue weighted by Gasteiger charge is 2.34. The van der Waals surface area contributed by atoms with Gasteiger partial charge in [0.1, 0.15) is 6.23 Å². The highest BCUT2D eigenvalue weighted by atomic mass is 79.9. The van der Waals surface area contributed by atoms with E-state index < -0.39 is 23.6 Å². The molecule has 2 rings (SSSR count). The number of aliphatic hydroxyl groups is 1. The molecule has 1 aromatic heterocycles. The van der Waals surface area contributed by atoms with Gasteiger partial charge in [0.2, 0.25) is 0 Å². The SMILES string of the molecule is CC[C@H]1O[C@@H](n2cc(Br)c(=O)[nH]c2=O)C[C@@H]1O. The second kappa shape index (κ2) is 4.75. The fraction of sp³-hybridized carbons (Fsp3) is 0.600. The average molecular weight is 305 g/mol. The van der Waals surface area contributed by atoms with Gasteiger partial charge in [-0.3, -0.25) is 14.3 Å². The van der Waals surface area contributed by atoms with Gasteiger partial charge in [0.05, 0.1) is 16.7 Å². The van der Waals surface area contributed by atoms with Gasteiger partial charge >= 0.3 is 5.69 Å². The van der Waals surface area contributed by atoms with Gasteiger partial charge in [-0.2, -0.15) is 0 Å². The van der Waals surface area contributed by atoms with Crippen molar-refractivity contribution < 1.29 is 9.84 Å². The molecule has 2 heterocycles. The smallest absolute Gasteiger partial charge is 0.330 e. The summed E-state index contributed by atoms with van der Waals surface area (Å²) in [5, 5.41) is 9.71. The van der Waals surface area contributed by atoms with E-state index in [0.717, 1.165) is 0 Å². The molecule has 1 saturated heterocycles. The van der Waals surface area contributed by atoms with Crippen molar-refractivity contribution in [2.24, 2.45) is 0 Å². The molecule has 7 heteroatoms. The molecular formula is C10H13BrN2O4. The molecule has 0 bridgehead atoms. The monoisotopic (exact) mass is 304 g/mol. The molecule has 0 amide bonds. The maximum absolute atomic E-state index is 11.6. The summed E-state index contributed by atoms with van der Waals surface area (Å²) in [6, 6.07) is 0. The van der Waals surface area contributed by atoms with Crippen LogP contribution in [0.25, 0.3) is 0 Å². The Labute approximate surface area is 105 Å². The van der Waals surface area contributed by atoms with Crippen molar-refractivity contribution >= 4 is 15.9 Å². The van der Waals surface area contributed by atoms with Gasteiger partial charge in [-0.05, 0) is 22.4 Å². The highest BCUT2D eigenvalue weighted by Crippen LogP contribution is 2.29. The van der Waals surface area contributed by atoms with Gasteiger partial charge in [-0.25, -0.2) is 4.79 Å². The topological polar surface area (TPSA) is 84.3 Å². The summed E-state index contributed by atoms with van der Waals surface area (Å²) in [6.07, 6.45) is 1.03. The third kappa shape index (κ3) is 2.36. The molecule has 2 N–H and O–H groups in total. The number of halogens is 1. The largest absolute Gasteiger partial charge is 0.390 e. The molecule has 0 radical (unpaired) electrons. The summed E-state index contributed by atoms with van der Waals surface area (Å²) < 4.78 is 7.10. The van der Waals surface area contributed by atoms with Crippen molar-refractivity contribution in [3.05, 3.63) is 31.5 Å². The van der Waals surface area contributed by atoms with Crippen molar-refractivity contribution in [1.29, 1.82) is 0 Å². The molecule has 3 atom stereocenters. The van der Waals surface area contributed by atoms with Crippen LogP contribution in [0.5, 0.6) is 0 Å². The Morgan fingerprint density at radius 1 is 1.65 bits per heavy atom. The third-order valence-electron chi connectivity index (χ3n) is 2.84. The van der Waals surface area contributed by atoms with E-state index in [9.17, 15) is 14.7 Å². The minimum absolute atomic E-state index is 0.259. The second-order valence-electron chi connectivity index (χ2n) is 3.98. The van der Waals surface area contributed by atoms with Crippen LogP contribution in [0.1, 0.15) is 26.0 Å². The Balaban J connectivity index is 2.34. The lowest BCUT2D eigenvalue weighted by Crippen LogP contribution is -2.32. The van der Waals surface area contributed by atoms with Gasteiger partial charge in [0.15, 0.2) is 0 Å². The first kappa shape index (κ1) is 12.5. The molecule has 0 aromatic carbocycles. The molecule has 0 unspecified atom stereocenters. The minimum Gasteiger partial charge on any atom is -0.390 e. The van der Waals surface area contributed by atoms with Gasteiger partial charge < -0.3 is 9.84 Å². The minimum atomic E-state index is -0.581. The maximum atomic E-state index is 11.6. The molecule has 1 aliphatic rings. The molecular weight excluding hydrogens is 292 g/mol. The van der Waals surface area contributed by atoms with Crippen LogP contribution < -0.4 is 11.2 Å². The average Bonchev–Trinajstić information content (AvgIpc) is 2.65. The second-order valence-corrected chi connectivity index (χ2v) is 4.84. The van der Waals surface area contributed by atoms with E-state index in [-0.39, 0.29) is 10.6 Å². The van der Waals surface area contributed by atoms with Gasteiger partial charge in [0.25, 0.3) is 5.56 Å². The van der Waals surface area contributed by atoms with Crippen LogP contribution in [0.15, 0.2) is 20.3 Å². The van der Waals surface area contributed by atoms with Gasteiger partial charge in [-0.1, -0.05) is 6.92 Å². The number of rotatable bonds is 2. The summed E-state index contributed by atoms with van der Waals surface area (Å²) in [4.78, 5) is 25.0. The van der Waals surface area contributed by atoms with E-state index in [1.54, 1.807) is 0 Å². The molecule has 17 heavy (non-hydrogen) atoms. The predicted octanol–water partition coefficient (Wildman–Crippen LogP) is 0.357. The van der Waals surface area contributed by atoms with Gasteiger partial charge in [-0.15, -0.1) is 0 Å². The number of aromatic nitrogens is 2. The van der Waals surface area contributed by atoms with Crippen molar-refractivity contribution in [3.8, 4) is 0 Å². The summed E-state index contributed by atoms with van der Waals surface area (Å²) in [7, 11) is 0. The summed E-state index contributed by atoms with van der Waals surface area (Å²) >= 11 is 3.05. The number of aliphatic hydroxyl groups excluding tert-OH is 1. The Kier molecular flexibility index (Phi) is 3.50. The van der Waals surface area contributed by atoms with E-state index in [0.29, 0.717) is 12.8 Å². The molecule has 6 nitrogen and oxygen atoms in total. The van der Waals surface area contributed by atoms with E-state index >= 15 is 0 Å². The lowest BCUT2D eigenvalue weighted by Gasteiger charge is -2.14. The fourth-order valence-corrected chi connectivity index (χ4v) is 2.25. The quantitative estimate of drug-likeness (QED) is 0.826. The number of hydrogen-bond donors (Lipinski definition) is 2. The Bertz CT molecular complexity index is 524. The molecule has 94 valence electrons. The third-order valence-corrected chi connectivity index (χ3v) is 3.41. The van der Waals surface area contributed by atoms with Crippen molar-refractivity contribution in [2.75, 3.05) is 0 Å². The van der Waals surface area contributed by atoms with E-state index in [4.69, 9.17) is 4.74 Å². The summed E-state index contributed by atoms with van der Waals surface area (Å²) in [6.45, 7) is 1.90. The standard InChI is InChI=1S/C10H13BrN2O4/c1-2-7-6(14)3-8(17-7)13-4-5(11)9(15)12-10(13)16/h4,6-8,14H,2-3H2,1H3,(H,12,15,16)/t6-,7+,8+/m0/s1. The number of H-pyrrole nitrogens is 1. The van der Waals surface area contributed by atoms with Crippen LogP contribution in [0.2, 0.25) is 0 Å². The molecule has 0 saturated carbocycles. The van der Waals surface area contributed by atoms with Crippen LogP contribution >= 0.6 is 15.9 Å². The maximum Gasteiger partial charge on any atom is 0.330 e. The predicted molar refractivity (Wildman–Crippen MR) is 63.8 cm³/mol. The Morgan fingerprint density at radius 3 is 2.94 bits per heavy atom. The molecule has 1 fully saturated rings. The first-order valence-electron chi connectivity index (χ1n) is 5.37. The van der Waals surface area contributed by atoms with Crippen LogP contribution in [-0.4, -0.2) is 26.9 Å². The summed E-state index contributed by atoms with van der Waals surface area (Å²) in [5.74, 6) is 0. The zero-order valence-corrected chi connectivity index (χ0v) is 10.8. The van der Waals surface area contributed by atoms with Crippen molar-refractivity contribution in [1.82, 2.24) is 9.55 Å². The van der Waals surface area contributed by atoms with Gasteiger partial charge in [0, 0.05) is 12.6 Å². The van der Waals surface area contributed by atoms with Crippen LogP contribution in [0, 0.1) is 0 Å². The fourth-order valence-electron chi connectivity index (χ4n) is 1.93. The van der Waals surface area contributed by atoms with Crippen molar-refractivity contribution in [3.63, 3.8) is 0 Å². The lowest BCUT2D eigenvalue weighted by molar-refractivity contribution is -0.0218. The highest BCUT2D eigenvalue weighted by molar-refractivity contribution is 9.10.